The molecule has 0 aliphatic heterocycles. The molecule has 0 heterocycles. The van der Waals surface area contributed by atoms with E-state index in [1.807, 2.05) is 24.5 Å². The van der Waals surface area contributed by atoms with Gasteiger partial charge in [-0.1, -0.05) is 39.8 Å². The molecule has 5 heteroatoms. The largest absolute Gasteiger partial charge is 0.398 e. The van der Waals surface area contributed by atoms with Crippen LogP contribution < -0.4 is 5.73 Å². The maximum atomic E-state index is 6.34. The van der Waals surface area contributed by atoms with Gasteiger partial charge in [-0.25, -0.2) is 0 Å². The summed E-state index contributed by atoms with van der Waals surface area (Å²) in [4.78, 5) is 1.10. The maximum absolute atomic E-state index is 6.34. The average Bonchev–Trinajstić information content (AvgIpc) is 2.43. The number of anilines is 1. The highest BCUT2D eigenvalue weighted by Gasteiger charge is 2.39. The van der Waals surface area contributed by atoms with Crippen LogP contribution in [0.4, 0.5) is 5.69 Å². The first-order chi connectivity index (χ1) is 10.1. The first-order valence-corrected chi connectivity index (χ1v) is 12.0. The van der Waals surface area contributed by atoms with Gasteiger partial charge in [0.2, 0.25) is 0 Å². The van der Waals surface area contributed by atoms with E-state index in [0.717, 1.165) is 22.6 Å². The fourth-order valence-corrected chi connectivity index (χ4v) is 3.63. The first kappa shape index (κ1) is 19.6. The van der Waals surface area contributed by atoms with E-state index < -0.39 is 8.32 Å². The summed E-state index contributed by atoms with van der Waals surface area (Å²) in [6.07, 6.45) is 2.71. The van der Waals surface area contributed by atoms with Crippen LogP contribution in [0.3, 0.4) is 0 Å². The highest BCUT2D eigenvalue weighted by Crippen LogP contribution is 2.38. The molecule has 2 N–H and O–H groups in total. The van der Waals surface area contributed by atoms with Crippen molar-refractivity contribution < 1.29 is 9.16 Å². The highest BCUT2D eigenvalue weighted by atomic mass is 32.2. The zero-order valence-corrected chi connectivity index (χ0v) is 16.8. The van der Waals surface area contributed by atoms with Crippen LogP contribution in [0.25, 0.3) is 0 Å². The lowest BCUT2D eigenvalue weighted by Gasteiger charge is -2.38. The van der Waals surface area contributed by atoms with E-state index in [0.29, 0.717) is 6.61 Å². The third-order valence-electron chi connectivity index (χ3n) is 4.37. The monoisotopic (exact) mass is 341 g/mol. The zero-order chi connectivity index (χ0) is 17.0. The summed E-state index contributed by atoms with van der Waals surface area (Å²) in [6.45, 7) is 13.8. The Morgan fingerprint density at radius 1 is 1.27 bits per heavy atom. The molecule has 0 spiro atoms. The number of para-hydroxylation sites is 1. The summed E-state index contributed by atoms with van der Waals surface area (Å²) in [5, 5.41) is 0.182. The van der Waals surface area contributed by atoms with Crippen LogP contribution in [0.5, 0.6) is 0 Å². The minimum Gasteiger partial charge on any atom is -0.398 e. The molecule has 0 aromatic heterocycles. The molecule has 0 saturated carbocycles. The van der Waals surface area contributed by atoms with Gasteiger partial charge >= 0.3 is 0 Å². The molecule has 1 rings (SSSR count). The first-order valence-electron chi connectivity index (χ1n) is 7.83. The van der Waals surface area contributed by atoms with Crippen LogP contribution in [-0.2, 0) is 15.8 Å². The number of hydrogen-bond donors (Lipinski definition) is 1. The van der Waals surface area contributed by atoms with E-state index in [1.165, 1.54) is 0 Å². The standard InChI is InChI=1S/C17H31NO2SSi/c1-8-15(20-22(6,7)17(2,3)4)19-12-13-10-9-11-14(21-5)16(13)18/h9-11,15H,8,12,18H2,1-7H3. The van der Waals surface area contributed by atoms with E-state index in [9.17, 15) is 0 Å². The molecule has 0 radical (unpaired) electrons. The number of hydrogen-bond acceptors (Lipinski definition) is 4. The Bertz CT molecular complexity index is 486. The van der Waals surface area contributed by atoms with Crippen LogP contribution in [-0.4, -0.2) is 20.9 Å². The summed E-state index contributed by atoms with van der Waals surface area (Å²) in [6, 6.07) is 6.08. The number of benzene rings is 1. The molecule has 0 aliphatic rings. The normalized spacial score (nSPS) is 14.1. The zero-order valence-electron chi connectivity index (χ0n) is 15.0. The Kier molecular flexibility index (Phi) is 6.99. The summed E-state index contributed by atoms with van der Waals surface area (Å²) in [7, 11) is -1.82. The van der Waals surface area contributed by atoms with Gasteiger partial charge in [-0.2, -0.15) is 0 Å². The number of nitrogens with two attached hydrogens (primary N) is 1. The van der Waals surface area contributed by atoms with E-state index >= 15 is 0 Å². The second-order valence-electron chi connectivity index (χ2n) is 7.06. The van der Waals surface area contributed by atoms with Gasteiger partial charge < -0.3 is 14.9 Å². The lowest BCUT2D eigenvalue weighted by molar-refractivity contribution is -0.0984. The van der Waals surface area contributed by atoms with Crippen LogP contribution in [0, 0.1) is 0 Å². The highest BCUT2D eigenvalue weighted by molar-refractivity contribution is 7.98. The molecule has 0 amide bonds. The molecular formula is C17H31NO2SSi. The second kappa shape index (κ2) is 7.86. The number of ether oxygens (including phenoxy) is 1. The van der Waals surface area contributed by atoms with Crippen LogP contribution in [0.1, 0.15) is 39.7 Å². The number of rotatable bonds is 7. The van der Waals surface area contributed by atoms with Gasteiger partial charge in [0.1, 0.15) is 6.29 Å². The number of thioether (sulfide) groups is 1. The summed E-state index contributed by atoms with van der Waals surface area (Å²) in [5.41, 5.74) is 8.03. The fraction of sp³-hybridized carbons (Fsp3) is 0.647. The molecule has 0 aliphatic carbocycles. The van der Waals surface area contributed by atoms with Gasteiger partial charge in [0, 0.05) is 10.5 Å². The Morgan fingerprint density at radius 2 is 1.91 bits per heavy atom. The van der Waals surface area contributed by atoms with Crippen LogP contribution >= 0.6 is 11.8 Å². The third kappa shape index (κ3) is 5.01. The van der Waals surface area contributed by atoms with Crippen molar-refractivity contribution in [1.29, 1.82) is 0 Å². The van der Waals surface area contributed by atoms with Gasteiger partial charge in [-0.05, 0) is 36.9 Å². The molecular weight excluding hydrogens is 310 g/mol. The topological polar surface area (TPSA) is 44.5 Å². The predicted octanol–water partition coefficient (Wildman–Crippen LogP) is 5.27. The lowest BCUT2D eigenvalue weighted by Crippen LogP contribution is -2.44. The van der Waals surface area contributed by atoms with Gasteiger partial charge in [0.05, 0.1) is 12.3 Å². The molecule has 126 valence electrons. The molecule has 0 bridgehead atoms. The lowest BCUT2D eigenvalue weighted by atomic mass is 10.2. The van der Waals surface area contributed by atoms with Gasteiger partial charge in [0.25, 0.3) is 0 Å². The molecule has 1 atom stereocenters. The van der Waals surface area contributed by atoms with Gasteiger partial charge in [0.15, 0.2) is 8.32 Å². The van der Waals surface area contributed by atoms with Crippen molar-refractivity contribution in [2.75, 3.05) is 12.0 Å². The van der Waals surface area contributed by atoms with E-state index in [4.69, 9.17) is 14.9 Å². The minimum atomic E-state index is -1.82. The minimum absolute atomic E-state index is 0.168. The molecule has 1 aromatic rings. The quantitative estimate of drug-likeness (QED) is 0.318. The van der Waals surface area contributed by atoms with Crippen molar-refractivity contribution in [1.82, 2.24) is 0 Å². The molecule has 0 saturated heterocycles. The summed E-state index contributed by atoms with van der Waals surface area (Å²) in [5.74, 6) is 0. The molecule has 1 aromatic carbocycles. The van der Waals surface area contributed by atoms with Gasteiger partial charge in [-0.3, -0.25) is 0 Å². The Balaban J connectivity index is 2.73. The van der Waals surface area contributed by atoms with E-state index in [2.05, 4.69) is 40.8 Å². The number of nitrogen functional groups attached to an aromatic ring is 1. The van der Waals surface area contributed by atoms with Crippen molar-refractivity contribution in [2.45, 2.75) is 70.0 Å². The van der Waals surface area contributed by atoms with Crippen LogP contribution in [0.2, 0.25) is 18.1 Å². The molecule has 22 heavy (non-hydrogen) atoms. The van der Waals surface area contributed by atoms with Crippen molar-refractivity contribution in [3.63, 3.8) is 0 Å². The molecule has 3 nitrogen and oxygen atoms in total. The van der Waals surface area contributed by atoms with Crippen LogP contribution in [0.15, 0.2) is 23.1 Å². The summed E-state index contributed by atoms with van der Waals surface area (Å²) < 4.78 is 12.4. The molecule has 1 unspecified atom stereocenters. The van der Waals surface area contributed by atoms with E-state index in [1.54, 1.807) is 11.8 Å². The smallest absolute Gasteiger partial charge is 0.195 e. The average molecular weight is 342 g/mol. The SMILES string of the molecule is CCC(OCc1cccc(SC)c1N)O[Si](C)(C)C(C)(C)C. The van der Waals surface area contributed by atoms with Crippen molar-refractivity contribution in [2.24, 2.45) is 0 Å². The van der Waals surface area contributed by atoms with E-state index in [-0.39, 0.29) is 11.3 Å². The second-order valence-corrected chi connectivity index (χ2v) is 12.7. The predicted molar refractivity (Wildman–Crippen MR) is 99.8 cm³/mol. The third-order valence-corrected chi connectivity index (χ3v) is 9.63. The fourth-order valence-electron chi connectivity index (χ4n) is 1.82. The Labute approximate surface area is 141 Å². The Morgan fingerprint density at radius 3 is 2.41 bits per heavy atom. The summed E-state index contributed by atoms with van der Waals surface area (Å²) >= 11 is 1.66. The maximum Gasteiger partial charge on any atom is 0.195 e. The van der Waals surface area contributed by atoms with Crippen molar-refractivity contribution >= 4 is 25.8 Å². The van der Waals surface area contributed by atoms with Gasteiger partial charge in [-0.15, -0.1) is 11.8 Å². The Hall–Kier alpha value is -0.493. The van der Waals surface area contributed by atoms with Crippen molar-refractivity contribution in [3.05, 3.63) is 23.8 Å². The van der Waals surface area contributed by atoms with Crippen molar-refractivity contribution in [3.8, 4) is 0 Å². The molecule has 0 fully saturated rings.